The van der Waals surface area contributed by atoms with Crippen LogP contribution >= 0.6 is 0 Å². The van der Waals surface area contributed by atoms with E-state index < -0.39 is 41.3 Å². The Bertz CT molecular complexity index is 1500. The van der Waals surface area contributed by atoms with Gasteiger partial charge in [-0.05, 0) is 87.1 Å². The van der Waals surface area contributed by atoms with Crippen molar-refractivity contribution in [1.29, 1.82) is 0 Å². The van der Waals surface area contributed by atoms with E-state index >= 15 is 0 Å². The lowest BCUT2D eigenvalue weighted by Gasteiger charge is -2.25. The number of rotatable bonds is 11. The van der Waals surface area contributed by atoms with E-state index in [9.17, 15) is 27.5 Å². The van der Waals surface area contributed by atoms with Crippen molar-refractivity contribution in [2.24, 2.45) is 0 Å². The lowest BCUT2D eigenvalue weighted by molar-refractivity contribution is -0.142. The molecule has 11 nitrogen and oxygen atoms in total. The lowest BCUT2D eigenvalue weighted by Crippen LogP contribution is -2.37. The second kappa shape index (κ2) is 13.0. The van der Waals surface area contributed by atoms with Gasteiger partial charge >= 0.3 is 12.1 Å². The number of carbonyl (C=O) groups is 3. The summed E-state index contributed by atoms with van der Waals surface area (Å²) >= 11 is -2.64. The smallest absolute Gasteiger partial charge is 0.408 e. The molecule has 1 unspecified atom stereocenters. The third-order valence-electron chi connectivity index (χ3n) is 6.46. The summed E-state index contributed by atoms with van der Waals surface area (Å²) in [7, 11) is 1.51. The number of nitrogens with one attached hydrogen (secondary N) is 2. The highest BCUT2D eigenvalue weighted by Gasteiger charge is 2.30. The van der Waals surface area contributed by atoms with Crippen LogP contribution in [0.3, 0.4) is 0 Å². The first kappa shape index (κ1) is 31.1. The number of fused-ring (bicyclic) bond motifs is 1. The first-order valence-electron chi connectivity index (χ1n) is 13.4. The molecule has 1 aliphatic rings. The number of hydrogen-bond acceptors (Lipinski definition) is 8. The number of alkyl carbamates (subject to hydrolysis) is 1. The lowest BCUT2D eigenvalue weighted by atomic mass is 9.97. The number of hydrogen-bond donors (Lipinski definition) is 2. The summed E-state index contributed by atoms with van der Waals surface area (Å²) in [6.07, 6.45) is 1.06. The van der Waals surface area contributed by atoms with Gasteiger partial charge in [0.15, 0.2) is 0 Å². The molecule has 1 aliphatic carbocycles. The zero-order valence-corrected chi connectivity index (χ0v) is 24.6. The number of amides is 2. The largest absolute Gasteiger partial charge is 0.760 e. The van der Waals surface area contributed by atoms with Crippen molar-refractivity contribution in [2.45, 2.75) is 51.7 Å². The summed E-state index contributed by atoms with van der Waals surface area (Å²) in [5.41, 5.74) is 2.07. The van der Waals surface area contributed by atoms with Crippen LogP contribution in [-0.2, 0) is 32.1 Å². The van der Waals surface area contributed by atoms with E-state index in [0.717, 1.165) is 22.7 Å². The molecule has 1 aromatic heterocycles. The Morgan fingerprint density at radius 2 is 1.86 bits per heavy atom. The van der Waals surface area contributed by atoms with E-state index in [4.69, 9.17) is 13.9 Å². The Hall–Kier alpha value is -3.81. The highest BCUT2D eigenvalue weighted by atomic mass is 32.2. The van der Waals surface area contributed by atoms with Gasteiger partial charge in [0.25, 0.3) is 5.91 Å². The Balaban J connectivity index is 1.52. The average Bonchev–Trinajstić information content (AvgIpc) is 3.70. The molecule has 0 aliphatic heterocycles. The molecule has 42 heavy (non-hydrogen) atoms. The number of nitrogens with zero attached hydrogens (tertiary/aromatic N) is 1. The molecule has 4 rings (SSSR count). The normalized spacial score (nSPS) is 14.1. The van der Waals surface area contributed by atoms with Gasteiger partial charge in [-0.1, -0.05) is 0 Å². The number of ether oxygens (including phenoxy) is 2. The van der Waals surface area contributed by atoms with Gasteiger partial charge in [-0.25, -0.2) is 13.5 Å². The van der Waals surface area contributed by atoms with Crippen LogP contribution < -0.4 is 10.6 Å². The van der Waals surface area contributed by atoms with Crippen molar-refractivity contribution in [3.63, 3.8) is 0 Å². The number of esters is 1. The number of carbonyl (C=O) groups excluding carboxylic acids is 3. The van der Waals surface area contributed by atoms with E-state index in [1.165, 1.54) is 31.3 Å². The molecule has 1 atom stereocenters. The minimum Gasteiger partial charge on any atom is -0.760 e. The molecule has 226 valence electrons. The van der Waals surface area contributed by atoms with Crippen molar-refractivity contribution in [3.05, 3.63) is 58.9 Å². The van der Waals surface area contributed by atoms with Gasteiger partial charge in [-0.15, -0.1) is 0 Å². The van der Waals surface area contributed by atoms with Crippen LogP contribution in [0.1, 0.15) is 61.0 Å². The van der Waals surface area contributed by atoms with Gasteiger partial charge in [-0.2, -0.15) is 0 Å². The van der Waals surface area contributed by atoms with Crippen molar-refractivity contribution in [2.75, 3.05) is 26.7 Å². The monoisotopic (exact) mass is 602 g/mol. The van der Waals surface area contributed by atoms with Crippen molar-refractivity contribution in [1.82, 2.24) is 14.9 Å². The molecule has 13 heteroatoms. The van der Waals surface area contributed by atoms with Crippen LogP contribution in [0, 0.1) is 5.82 Å². The fourth-order valence-corrected chi connectivity index (χ4v) is 4.90. The van der Waals surface area contributed by atoms with Crippen molar-refractivity contribution in [3.8, 4) is 11.3 Å². The van der Waals surface area contributed by atoms with Gasteiger partial charge in [0.05, 0.1) is 5.56 Å². The van der Waals surface area contributed by atoms with Gasteiger partial charge in [0, 0.05) is 42.4 Å². The second-order valence-electron chi connectivity index (χ2n) is 10.9. The number of halogens is 1. The first-order chi connectivity index (χ1) is 19.9. The molecule has 2 aromatic carbocycles. The maximum absolute atomic E-state index is 13.6. The molecule has 2 N–H and O–H groups in total. The second-order valence-corrected chi connectivity index (χ2v) is 11.8. The zero-order chi connectivity index (χ0) is 30.6. The fourth-order valence-electron chi connectivity index (χ4n) is 4.44. The Morgan fingerprint density at radius 1 is 1.17 bits per heavy atom. The van der Waals surface area contributed by atoms with Gasteiger partial charge in [-0.3, -0.25) is 13.8 Å². The topological polar surface area (TPSA) is 150 Å². The van der Waals surface area contributed by atoms with Crippen molar-refractivity contribution >= 4 is 40.2 Å². The van der Waals surface area contributed by atoms with Gasteiger partial charge in [0.1, 0.15) is 35.9 Å². The third-order valence-corrected chi connectivity index (χ3v) is 7.20. The summed E-state index contributed by atoms with van der Waals surface area (Å²) < 4.78 is 55.1. The maximum atomic E-state index is 13.6. The predicted molar refractivity (Wildman–Crippen MR) is 151 cm³/mol. The molecular weight excluding hydrogens is 569 g/mol. The number of benzene rings is 2. The summed E-state index contributed by atoms with van der Waals surface area (Å²) in [4.78, 5) is 36.7. The number of furan rings is 1. The molecule has 1 saturated carbocycles. The van der Waals surface area contributed by atoms with E-state index in [-0.39, 0.29) is 37.3 Å². The highest BCUT2D eigenvalue weighted by Crippen LogP contribution is 2.45. The van der Waals surface area contributed by atoms with Crippen LogP contribution in [0.2, 0.25) is 0 Å². The maximum Gasteiger partial charge on any atom is 0.408 e. The van der Waals surface area contributed by atoms with Crippen LogP contribution in [0.25, 0.3) is 22.3 Å². The first-order valence-corrected chi connectivity index (χ1v) is 14.4. The summed E-state index contributed by atoms with van der Waals surface area (Å²) in [6, 6.07) is 9.18. The summed E-state index contributed by atoms with van der Waals surface area (Å²) in [5.74, 6) is -1.06. The molecule has 0 saturated heterocycles. The van der Waals surface area contributed by atoms with Crippen LogP contribution in [-0.4, -0.2) is 63.4 Å². The van der Waals surface area contributed by atoms with Crippen molar-refractivity contribution < 1.29 is 41.4 Å². The molecule has 2 amide bonds. The van der Waals surface area contributed by atoms with E-state index in [1.807, 2.05) is 6.07 Å². The summed E-state index contributed by atoms with van der Waals surface area (Å²) in [6.45, 7) is 4.25. The highest BCUT2D eigenvalue weighted by molar-refractivity contribution is 7.76. The molecular formula is C29H33FN3O8S-. The van der Waals surface area contributed by atoms with Gasteiger partial charge < -0.3 is 29.1 Å². The average molecular weight is 603 g/mol. The van der Waals surface area contributed by atoms with E-state index in [2.05, 4.69) is 10.6 Å². The summed E-state index contributed by atoms with van der Waals surface area (Å²) in [5, 5.41) is 5.49. The predicted octanol–water partition coefficient (Wildman–Crippen LogP) is 4.14. The van der Waals surface area contributed by atoms with Crippen LogP contribution in [0.15, 0.2) is 40.8 Å². The fraction of sp³-hybridized carbons (Fsp3) is 0.414. The Labute approximate surface area is 245 Å². The quantitative estimate of drug-likeness (QED) is 0.246. The molecule has 0 bridgehead atoms. The molecule has 0 spiro atoms. The Morgan fingerprint density at radius 3 is 2.45 bits per heavy atom. The minimum absolute atomic E-state index is 0.0204. The van der Waals surface area contributed by atoms with E-state index in [0.29, 0.717) is 27.7 Å². The third kappa shape index (κ3) is 7.93. The SMILES string of the molecule is CNC(=O)c1c(-c2ccc(F)cc2)oc2cc(CN(CCOC(=O)CNC(=O)OC(C)(C)C)S(=O)[O-])c(C3CC3)cc12. The molecule has 1 heterocycles. The Kier molecular flexibility index (Phi) is 9.64. The zero-order valence-electron chi connectivity index (χ0n) is 23.8. The molecule has 3 aromatic rings. The van der Waals surface area contributed by atoms with Crippen LogP contribution in [0.5, 0.6) is 0 Å². The minimum atomic E-state index is -2.64. The molecule has 0 radical (unpaired) electrons. The van der Waals surface area contributed by atoms with Gasteiger partial charge in [0.2, 0.25) is 0 Å². The molecule has 1 fully saturated rings. The van der Waals surface area contributed by atoms with E-state index in [1.54, 1.807) is 26.8 Å². The van der Waals surface area contributed by atoms with Crippen LogP contribution in [0.4, 0.5) is 9.18 Å². The standard InChI is InChI=1S/C29H34FN3O8S/c1-29(2,3)41-28(36)32-15-24(34)39-12-11-33(42(37)38)16-19-13-23-22(14-21(19)17-5-6-17)25(27(35)31-4)26(40-23)18-7-9-20(30)10-8-18/h7-10,13-14,17H,5-6,11-12,15-16H2,1-4H3,(H,31,35)(H,32,36)(H,37,38)/p-1.